The molecule has 0 spiro atoms. The van der Waals surface area contributed by atoms with Crippen LogP contribution in [0.5, 0.6) is 0 Å². The first-order valence-electron chi connectivity index (χ1n) is 12.0. The normalized spacial score (nSPS) is 16.7. The number of nitrogens with zero attached hydrogens (tertiary/aromatic N) is 5. The first-order valence-corrected chi connectivity index (χ1v) is 12.8. The molecule has 0 atom stereocenters. The summed E-state index contributed by atoms with van der Waals surface area (Å²) in [5.74, 6) is 3.11. The van der Waals surface area contributed by atoms with Crippen molar-refractivity contribution in [3.63, 3.8) is 0 Å². The van der Waals surface area contributed by atoms with Gasteiger partial charge in [-0.25, -0.2) is 9.97 Å². The summed E-state index contributed by atoms with van der Waals surface area (Å²) in [6.07, 6.45) is 4.35. The highest BCUT2D eigenvalue weighted by molar-refractivity contribution is 7.99. The zero-order chi connectivity index (χ0) is 23.5. The third-order valence-corrected chi connectivity index (χ3v) is 7.24. The van der Waals surface area contributed by atoms with E-state index >= 15 is 0 Å². The van der Waals surface area contributed by atoms with Gasteiger partial charge in [-0.05, 0) is 56.1 Å². The van der Waals surface area contributed by atoms with Crippen LogP contribution in [-0.4, -0.2) is 63.1 Å². The molecule has 8 nitrogen and oxygen atoms in total. The second-order valence-corrected chi connectivity index (χ2v) is 10.3. The van der Waals surface area contributed by atoms with Crippen molar-refractivity contribution in [1.82, 2.24) is 25.1 Å². The highest BCUT2D eigenvalue weighted by atomic mass is 32.2. The van der Waals surface area contributed by atoms with E-state index in [4.69, 9.17) is 9.97 Å². The van der Waals surface area contributed by atoms with Crippen LogP contribution >= 0.6 is 11.8 Å². The highest BCUT2D eigenvalue weighted by Gasteiger charge is 2.29. The van der Waals surface area contributed by atoms with Gasteiger partial charge >= 0.3 is 0 Å². The Kier molecular flexibility index (Phi) is 6.82. The summed E-state index contributed by atoms with van der Waals surface area (Å²) in [6.45, 7) is 8.41. The highest BCUT2D eigenvalue weighted by Crippen LogP contribution is 2.32. The summed E-state index contributed by atoms with van der Waals surface area (Å²) in [4.78, 5) is 27.6. The standard InChI is InChI=1S/C25H31N7OS/c1-17(2)31-11-13-32(14-12-31)24-16-23(27-22-9-10-26-30-22)28-25(29-24)34-20-7-3-18(4-8-20)15-21(33)19-5-6-19/h3-4,7-10,16-17,19H,5-6,11-15H2,1-2H3,(H2,26,27,28,29,30). The number of rotatable bonds is 9. The van der Waals surface area contributed by atoms with Crippen LogP contribution in [0, 0.1) is 5.92 Å². The van der Waals surface area contributed by atoms with E-state index in [0.29, 0.717) is 29.3 Å². The molecule has 34 heavy (non-hydrogen) atoms. The Morgan fingerprint density at radius 3 is 2.53 bits per heavy atom. The molecule has 1 saturated carbocycles. The smallest absolute Gasteiger partial charge is 0.196 e. The fourth-order valence-corrected chi connectivity index (χ4v) is 4.91. The van der Waals surface area contributed by atoms with Crippen LogP contribution in [-0.2, 0) is 11.2 Å². The van der Waals surface area contributed by atoms with Crippen LogP contribution in [0.15, 0.2) is 52.6 Å². The molecule has 3 aromatic rings. The monoisotopic (exact) mass is 477 g/mol. The zero-order valence-electron chi connectivity index (χ0n) is 19.7. The van der Waals surface area contributed by atoms with Crippen molar-refractivity contribution in [3.8, 4) is 0 Å². The van der Waals surface area contributed by atoms with E-state index in [-0.39, 0.29) is 0 Å². The second kappa shape index (κ2) is 10.1. The van der Waals surface area contributed by atoms with Crippen LogP contribution < -0.4 is 10.2 Å². The number of anilines is 3. The van der Waals surface area contributed by atoms with Gasteiger partial charge < -0.3 is 10.2 Å². The molecule has 1 aromatic carbocycles. The van der Waals surface area contributed by atoms with Crippen molar-refractivity contribution < 1.29 is 4.79 Å². The molecule has 2 N–H and O–H groups in total. The molecule has 1 saturated heterocycles. The molecule has 5 rings (SSSR count). The van der Waals surface area contributed by atoms with Crippen LogP contribution in [0.3, 0.4) is 0 Å². The SMILES string of the molecule is CC(C)N1CCN(c2cc(Nc3ccn[nH]3)nc(Sc3ccc(CC(=O)C4CC4)cc3)n2)CC1. The molecule has 0 amide bonds. The molecule has 9 heteroatoms. The molecule has 3 heterocycles. The van der Waals surface area contributed by atoms with Crippen molar-refractivity contribution in [2.45, 2.75) is 49.2 Å². The minimum atomic E-state index is 0.299. The fraction of sp³-hybridized carbons (Fsp3) is 0.440. The summed E-state index contributed by atoms with van der Waals surface area (Å²) >= 11 is 1.53. The number of Topliss-reactive ketones (excluding diaryl/α,β-unsaturated/α-hetero) is 1. The molecule has 0 bridgehead atoms. The lowest BCUT2D eigenvalue weighted by Crippen LogP contribution is -2.49. The lowest BCUT2D eigenvalue weighted by Gasteiger charge is -2.37. The summed E-state index contributed by atoms with van der Waals surface area (Å²) in [5.41, 5.74) is 1.07. The van der Waals surface area contributed by atoms with Crippen molar-refractivity contribution in [2.75, 3.05) is 36.4 Å². The van der Waals surface area contributed by atoms with Gasteiger partial charge in [0.25, 0.3) is 0 Å². The van der Waals surface area contributed by atoms with Gasteiger partial charge in [-0.2, -0.15) is 5.10 Å². The third kappa shape index (κ3) is 5.77. The molecule has 2 aliphatic rings. The number of aromatic nitrogens is 4. The van der Waals surface area contributed by atoms with Gasteiger partial charge in [0.2, 0.25) is 0 Å². The first-order chi connectivity index (χ1) is 16.5. The molecule has 2 fully saturated rings. The Morgan fingerprint density at radius 2 is 1.88 bits per heavy atom. The predicted octanol–water partition coefficient (Wildman–Crippen LogP) is 4.15. The Bertz CT molecular complexity index is 1100. The van der Waals surface area contributed by atoms with E-state index in [1.54, 1.807) is 6.20 Å². The summed E-state index contributed by atoms with van der Waals surface area (Å²) < 4.78 is 0. The number of carbonyl (C=O) groups excluding carboxylic acids is 1. The molecular formula is C25H31N7OS. The van der Waals surface area contributed by atoms with Gasteiger partial charge in [-0.3, -0.25) is 14.8 Å². The fourth-order valence-electron chi connectivity index (χ4n) is 4.15. The van der Waals surface area contributed by atoms with Crippen LogP contribution in [0.4, 0.5) is 17.5 Å². The van der Waals surface area contributed by atoms with Crippen LogP contribution in [0.25, 0.3) is 0 Å². The molecular weight excluding hydrogens is 446 g/mol. The number of aromatic amines is 1. The number of ketones is 1. The minimum Gasteiger partial charge on any atom is -0.354 e. The second-order valence-electron chi connectivity index (χ2n) is 9.27. The van der Waals surface area contributed by atoms with Crippen LogP contribution in [0.2, 0.25) is 0 Å². The molecule has 2 aromatic heterocycles. The molecule has 0 radical (unpaired) electrons. The van der Waals surface area contributed by atoms with Crippen LogP contribution in [0.1, 0.15) is 32.3 Å². The Morgan fingerprint density at radius 1 is 1.12 bits per heavy atom. The number of nitrogens with one attached hydrogen (secondary N) is 2. The largest absolute Gasteiger partial charge is 0.354 e. The van der Waals surface area contributed by atoms with E-state index in [1.807, 2.05) is 24.3 Å². The van der Waals surface area contributed by atoms with Gasteiger partial charge in [0.05, 0.1) is 6.20 Å². The van der Waals surface area contributed by atoms with Crippen molar-refractivity contribution in [1.29, 1.82) is 0 Å². The van der Waals surface area contributed by atoms with Crippen molar-refractivity contribution in [3.05, 3.63) is 48.2 Å². The lowest BCUT2D eigenvalue weighted by molar-refractivity contribution is -0.119. The average molecular weight is 478 g/mol. The topological polar surface area (TPSA) is 90.0 Å². The molecule has 178 valence electrons. The predicted molar refractivity (Wildman–Crippen MR) is 135 cm³/mol. The number of benzene rings is 1. The Hall–Kier alpha value is -2.91. The Balaban J connectivity index is 1.33. The first kappa shape index (κ1) is 22.9. The van der Waals surface area contributed by atoms with E-state index in [2.05, 4.69) is 51.3 Å². The number of carbonyl (C=O) groups is 1. The lowest BCUT2D eigenvalue weighted by atomic mass is 10.1. The number of H-pyrrole nitrogens is 1. The van der Waals surface area contributed by atoms with Crippen molar-refractivity contribution >= 4 is 35.0 Å². The maximum Gasteiger partial charge on any atom is 0.196 e. The van der Waals surface area contributed by atoms with Gasteiger partial charge in [0.15, 0.2) is 5.16 Å². The van der Waals surface area contributed by atoms with Gasteiger partial charge in [0, 0.05) is 61.6 Å². The maximum absolute atomic E-state index is 12.1. The van der Waals surface area contributed by atoms with Crippen molar-refractivity contribution in [2.24, 2.45) is 5.92 Å². The van der Waals surface area contributed by atoms with Gasteiger partial charge in [-0.15, -0.1) is 0 Å². The summed E-state index contributed by atoms with van der Waals surface area (Å²) in [6, 6.07) is 12.6. The molecule has 0 unspecified atom stereocenters. The maximum atomic E-state index is 12.1. The number of hydrogen-bond donors (Lipinski definition) is 2. The quantitative estimate of drug-likeness (QED) is 0.444. The van der Waals surface area contributed by atoms with Gasteiger partial charge in [0.1, 0.15) is 23.2 Å². The van der Waals surface area contributed by atoms with E-state index < -0.39 is 0 Å². The van der Waals surface area contributed by atoms with E-state index in [9.17, 15) is 4.79 Å². The third-order valence-electron chi connectivity index (χ3n) is 6.37. The summed E-state index contributed by atoms with van der Waals surface area (Å²) in [5, 5.41) is 10.9. The number of hydrogen-bond acceptors (Lipinski definition) is 8. The average Bonchev–Trinajstić information content (AvgIpc) is 3.58. The molecule has 1 aliphatic heterocycles. The minimum absolute atomic E-state index is 0.299. The van der Waals surface area contributed by atoms with Gasteiger partial charge in [-0.1, -0.05) is 12.1 Å². The molecule has 1 aliphatic carbocycles. The van der Waals surface area contributed by atoms with E-state index in [1.165, 1.54) is 11.8 Å². The van der Waals surface area contributed by atoms with E-state index in [0.717, 1.165) is 66.9 Å². The zero-order valence-corrected chi connectivity index (χ0v) is 20.5. The number of piperazine rings is 1. The summed E-state index contributed by atoms with van der Waals surface area (Å²) in [7, 11) is 0. The Labute approximate surface area is 204 Å².